The van der Waals surface area contributed by atoms with Crippen molar-refractivity contribution in [1.82, 2.24) is 5.32 Å². The number of allylic oxidation sites excluding steroid dienone is 3. The summed E-state index contributed by atoms with van der Waals surface area (Å²) in [5, 5.41) is 120. The lowest BCUT2D eigenvalue weighted by Crippen LogP contribution is -2.66. The summed E-state index contributed by atoms with van der Waals surface area (Å²) in [5.41, 5.74) is 0. The van der Waals surface area contributed by atoms with Crippen molar-refractivity contribution in [3.63, 3.8) is 0 Å². The number of carbonyl (C=O) groups is 1. The summed E-state index contributed by atoms with van der Waals surface area (Å²) in [6, 6.07) is -0.971. The molecule has 0 aliphatic carbocycles. The first-order valence-corrected chi connectivity index (χ1v) is 30.6. The number of rotatable bonds is 45. The molecule has 0 radical (unpaired) electrons. The van der Waals surface area contributed by atoms with Crippen LogP contribution in [0.4, 0.5) is 0 Å². The van der Waals surface area contributed by atoms with Crippen molar-refractivity contribution in [1.29, 1.82) is 0 Å². The van der Waals surface area contributed by atoms with Gasteiger partial charge in [0, 0.05) is 6.42 Å². The molecule has 0 aromatic heterocycles. The van der Waals surface area contributed by atoms with E-state index in [0.717, 1.165) is 51.4 Å². The quantitative estimate of drug-likeness (QED) is 0.0263. The van der Waals surface area contributed by atoms with E-state index >= 15 is 0 Å². The molecule has 0 saturated carbocycles. The van der Waals surface area contributed by atoms with Crippen LogP contribution >= 0.6 is 0 Å². The molecular formula is C59H109NO18. The number of carbonyl (C=O) groups excluding carboxylic acids is 1. The predicted octanol–water partition coefficient (Wildman–Crippen LogP) is 5.54. The van der Waals surface area contributed by atoms with Gasteiger partial charge in [-0.25, -0.2) is 0 Å². The second-order valence-electron chi connectivity index (χ2n) is 22.2. The second-order valence-corrected chi connectivity index (χ2v) is 22.2. The molecule has 3 saturated heterocycles. The van der Waals surface area contributed by atoms with Crippen molar-refractivity contribution in [2.45, 2.75) is 317 Å². The summed E-state index contributed by atoms with van der Waals surface area (Å²) >= 11 is 0. The van der Waals surface area contributed by atoms with Crippen molar-refractivity contribution in [2.24, 2.45) is 0 Å². The fourth-order valence-electron chi connectivity index (χ4n) is 10.4. The van der Waals surface area contributed by atoms with E-state index in [0.29, 0.717) is 6.42 Å². The molecule has 0 bridgehead atoms. The van der Waals surface area contributed by atoms with Crippen LogP contribution in [0.25, 0.3) is 0 Å². The zero-order valence-electron chi connectivity index (χ0n) is 47.7. The third-order valence-electron chi connectivity index (χ3n) is 15.5. The van der Waals surface area contributed by atoms with Gasteiger partial charge < -0.3 is 89.9 Å². The summed E-state index contributed by atoms with van der Waals surface area (Å²) in [6.07, 6.45) is 17.2. The molecule has 0 spiro atoms. The van der Waals surface area contributed by atoms with Crippen LogP contribution in [0.3, 0.4) is 0 Å². The van der Waals surface area contributed by atoms with Crippen molar-refractivity contribution in [2.75, 3.05) is 26.4 Å². The molecule has 458 valence electrons. The zero-order chi connectivity index (χ0) is 56.9. The maximum absolute atomic E-state index is 13.3. The van der Waals surface area contributed by atoms with Crippen LogP contribution in [-0.2, 0) is 33.2 Å². The molecule has 3 rings (SSSR count). The molecule has 3 heterocycles. The first-order valence-electron chi connectivity index (χ1n) is 30.6. The number of nitrogens with one attached hydrogen (secondary N) is 1. The summed E-state index contributed by atoms with van der Waals surface area (Å²) in [4.78, 5) is 13.3. The molecule has 17 atom stereocenters. The number of ether oxygens (including phenoxy) is 6. The molecule has 3 aliphatic heterocycles. The van der Waals surface area contributed by atoms with Crippen molar-refractivity contribution in [3.05, 3.63) is 24.3 Å². The SMILES string of the molecule is CCCCCCCC/C=C\CCCCCCCCCCCC(=O)NC(COC1OC(CO)C(OC2OC(CO)C(OC3OC(CO)C(O)C(O)C3O)C(O)C2O)C(O)C1O)C(O)/C=C/CCCCCCCCCCCCCC. The smallest absolute Gasteiger partial charge is 0.220 e. The minimum Gasteiger partial charge on any atom is -0.394 e. The molecule has 0 aromatic rings. The molecule has 78 heavy (non-hydrogen) atoms. The van der Waals surface area contributed by atoms with Gasteiger partial charge in [-0.1, -0.05) is 186 Å². The van der Waals surface area contributed by atoms with Crippen molar-refractivity contribution in [3.8, 4) is 0 Å². The highest BCUT2D eigenvalue weighted by Gasteiger charge is 2.53. The van der Waals surface area contributed by atoms with Gasteiger partial charge in [-0.05, 0) is 44.9 Å². The van der Waals surface area contributed by atoms with Gasteiger partial charge >= 0.3 is 0 Å². The maximum atomic E-state index is 13.3. The molecule has 19 heteroatoms. The van der Waals surface area contributed by atoms with E-state index in [2.05, 4.69) is 31.3 Å². The molecule has 3 aliphatic rings. The number of amides is 1. The standard InChI is InChI=1S/C59H109NO18/c1-3-5-7-9-11-13-15-17-19-20-21-22-23-25-27-29-31-33-35-37-47(65)60-42(43(64)36-34-32-30-28-26-24-18-16-14-12-10-8-6-4-2)41-73-57-53(71)50(68)55(45(39-62)75-57)78-59-54(72)51(69)56(46(40-63)76-59)77-58-52(70)49(67)48(66)44(38-61)74-58/h17,19,34,36,42-46,48-59,61-64,66-72H,3-16,18,20-33,35,37-41H2,1-2H3,(H,60,65)/b19-17-,36-34+. The van der Waals surface area contributed by atoms with Gasteiger partial charge in [-0.15, -0.1) is 0 Å². The van der Waals surface area contributed by atoms with Crippen LogP contribution in [0.2, 0.25) is 0 Å². The van der Waals surface area contributed by atoms with Crippen LogP contribution in [0, 0.1) is 0 Å². The molecule has 12 N–H and O–H groups in total. The largest absolute Gasteiger partial charge is 0.394 e. The first kappa shape index (κ1) is 70.5. The Morgan fingerprint density at radius 3 is 1.24 bits per heavy atom. The maximum Gasteiger partial charge on any atom is 0.220 e. The van der Waals surface area contributed by atoms with E-state index in [1.807, 2.05) is 6.08 Å². The van der Waals surface area contributed by atoms with E-state index in [4.69, 9.17) is 28.4 Å². The Labute approximate surface area is 467 Å². The zero-order valence-corrected chi connectivity index (χ0v) is 47.7. The fraction of sp³-hybridized carbons (Fsp3) is 0.915. The number of hydrogen-bond donors (Lipinski definition) is 12. The van der Waals surface area contributed by atoms with Crippen LogP contribution in [-0.4, -0.2) is 193 Å². The number of hydrogen-bond acceptors (Lipinski definition) is 18. The number of unbranched alkanes of at least 4 members (excludes halogenated alkanes) is 27. The Bertz CT molecular complexity index is 1530. The van der Waals surface area contributed by atoms with E-state index in [-0.39, 0.29) is 18.9 Å². The summed E-state index contributed by atoms with van der Waals surface area (Å²) in [7, 11) is 0. The fourth-order valence-corrected chi connectivity index (χ4v) is 10.4. The molecule has 0 aromatic carbocycles. The molecule has 3 fully saturated rings. The highest BCUT2D eigenvalue weighted by molar-refractivity contribution is 5.76. The third-order valence-corrected chi connectivity index (χ3v) is 15.5. The van der Waals surface area contributed by atoms with Crippen molar-refractivity contribution < 1.29 is 89.4 Å². The van der Waals surface area contributed by atoms with Crippen molar-refractivity contribution >= 4 is 5.91 Å². The summed E-state index contributed by atoms with van der Waals surface area (Å²) in [5.74, 6) is -0.278. The van der Waals surface area contributed by atoms with Crippen LogP contribution in [0.1, 0.15) is 213 Å². The van der Waals surface area contributed by atoms with Gasteiger partial charge in [0.15, 0.2) is 18.9 Å². The van der Waals surface area contributed by atoms with E-state index in [1.54, 1.807) is 6.08 Å². The Kier molecular flexibility index (Phi) is 38.9. The average Bonchev–Trinajstić information content (AvgIpc) is 3.45. The van der Waals surface area contributed by atoms with E-state index in [1.165, 1.54) is 135 Å². The second kappa shape index (κ2) is 43.0. The van der Waals surface area contributed by atoms with Crippen LogP contribution in [0.5, 0.6) is 0 Å². The Hall–Kier alpha value is -1.73. The Balaban J connectivity index is 1.50. The van der Waals surface area contributed by atoms with Gasteiger partial charge in [0.25, 0.3) is 0 Å². The van der Waals surface area contributed by atoms with Gasteiger partial charge in [-0.3, -0.25) is 4.79 Å². The van der Waals surface area contributed by atoms with Crippen LogP contribution in [0.15, 0.2) is 24.3 Å². The monoisotopic (exact) mass is 1120 g/mol. The highest BCUT2D eigenvalue weighted by atomic mass is 16.8. The predicted molar refractivity (Wildman–Crippen MR) is 296 cm³/mol. The lowest BCUT2D eigenvalue weighted by molar-refractivity contribution is -0.379. The van der Waals surface area contributed by atoms with Crippen LogP contribution < -0.4 is 5.32 Å². The van der Waals surface area contributed by atoms with Gasteiger partial charge in [0.05, 0.1) is 38.6 Å². The highest BCUT2D eigenvalue weighted by Crippen LogP contribution is 2.33. The molecule has 19 nitrogen and oxygen atoms in total. The van der Waals surface area contributed by atoms with E-state index < -0.39 is 124 Å². The minimum absolute atomic E-state index is 0.243. The van der Waals surface area contributed by atoms with E-state index in [9.17, 15) is 61.0 Å². The lowest BCUT2D eigenvalue weighted by Gasteiger charge is -2.48. The Morgan fingerprint density at radius 1 is 0.449 bits per heavy atom. The minimum atomic E-state index is -1.98. The summed E-state index contributed by atoms with van der Waals surface area (Å²) in [6.45, 7) is 1.72. The first-order chi connectivity index (χ1) is 37.8. The number of aliphatic hydroxyl groups is 11. The third kappa shape index (κ3) is 26.7. The number of aliphatic hydroxyl groups excluding tert-OH is 11. The molecule has 1 amide bonds. The molecular weight excluding hydrogens is 1010 g/mol. The van der Waals surface area contributed by atoms with Gasteiger partial charge in [0.2, 0.25) is 5.91 Å². The Morgan fingerprint density at radius 2 is 0.808 bits per heavy atom. The molecule has 17 unspecified atom stereocenters. The lowest BCUT2D eigenvalue weighted by atomic mass is 9.96. The topological polar surface area (TPSA) is 307 Å². The van der Waals surface area contributed by atoms with Gasteiger partial charge in [0.1, 0.15) is 73.2 Å². The average molecular weight is 1120 g/mol. The summed E-state index contributed by atoms with van der Waals surface area (Å²) < 4.78 is 34.2. The van der Waals surface area contributed by atoms with Gasteiger partial charge in [-0.2, -0.15) is 0 Å². The normalized spacial score (nSPS) is 30.6.